The summed E-state index contributed by atoms with van der Waals surface area (Å²) in [6, 6.07) is 5.27. The highest BCUT2D eigenvalue weighted by Crippen LogP contribution is 2.32. The Kier molecular flexibility index (Phi) is 4.32. The molecule has 5 heteroatoms. The zero-order valence-electron chi connectivity index (χ0n) is 11.3. The van der Waals surface area contributed by atoms with E-state index in [2.05, 4.69) is 10.6 Å². The molecule has 0 bridgehead atoms. The average molecular weight is 283 g/mol. The van der Waals surface area contributed by atoms with Gasteiger partial charge in [0.2, 0.25) is 5.91 Å². The van der Waals surface area contributed by atoms with Crippen LogP contribution in [0.15, 0.2) is 18.2 Å². The second kappa shape index (κ2) is 5.80. The predicted octanol–water partition coefficient (Wildman–Crippen LogP) is 2.68. The third-order valence-electron chi connectivity index (χ3n) is 3.81. The van der Waals surface area contributed by atoms with Crippen molar-refractivity contribution < 1.29 is 9.53 Å². The number of benzene rings is 1. The zero-order valence-corrected chi connectivity index (χ0v) is 12.0. The summed E-state index contributed by atoms with van der Waals surface area (Å²) in [5.41, 5.74) is 0.405. The monoisotopic (exact) mass is 282 g/mol. The minimum absolute atomic E-state index is 0.0567. The van der Waals surface area contributed by atoms with Gasteiger partial charge in [0.05, 0.1) is 17.5 Å². The van der Waals surface area contributed by atoms with Crippen LogP contribution in [-0.2, 0) is 4.79 Å². The minimum Gasteiger partial charge on any atom is -0.495 e. The molecule has 1 saturated heterocycles. The summed E-state index contributed by atoms with van der Waals surface area (Å²) in [7, 11) is 1.57. The number of hydrogen-bond acceptors (Lipinski definition) is 3. The molecule has 1 atom stereocenters. The van der Waals surface area contributed by atoms with Crippen molar-refractivity contribution in [1.29, 1.82) is 0 Å². The molecular formula is C14H19ClN2O2. The lowest BCUT2D eigenvalue weighted by Crippen LogP contribution is -2.37. The number of halogens is 1. The van der Waals surface area contributed by atoms with E-state index in [0.29, 0.717) is 16.5 Å². The van der Waals surface area contributed by atoms with Crippen molar-refractivity contribution in [1.82, 2.24) is 5.32 Å². The maximum absolute atomic E-state index is 12.4. The molecule has 1 amide bonds. The van der Waals surface area contributed by atoms with Gasteiger partial charge in [-0.2, -0.15) is 0 Å². The fraction of sp³-hybridized carbons (Fsp3) is 0.500. The molecule has 1 heterocycles. The van der Waals surface area contributed by atoms with Gasteiger partial charge in [0.15, 0.2) is 0 Å². The van der Waals surface area contributed by atoms with Crippen LogP contribution in [0.3, 0.4) is 0 Å². The largest absolute Gasteiger partial charge is 0.495 e. The second-order valence-corrected chi connectivity index (χ2v) is 5.27. The lowest BCUT2D eigenvalue weighted by atomic mass is 9.83. The number of nitrogens with one attached hydrogen (secondary N) is 2. The number of amides is 1. The Morgan fingerprint density at radius 1 is 1.58 bits per heavy atom. The minimum atomic E-state index is -0.299. The first kappa shape index (κ1) is 14.2. The second-order valence-electron chi connectivity index (χ2n) is 4.86. The molecule has 0 aromatic heterocycles. The van der Waals surface area contributed by atoms with E-state index in [1.165, 1.54) is 0 Å². The molecule has 0 saturated carbocycles. The fourth-order valence-corrected chi connectivity index (χ4v) is 2.67. The van der Waals surface area contributed by atoms with Crippen LogP contribution < -0.4 is 15.4 Å². The van der Waals surface area contributed by atoms with Crippen molar-refractivity contribution in [3.8, 4) is 5.75 Å². The summed E-state index contributed by atoms with van der Waals surface area (Å²) in [4.78, 5) is 12.4. The normalized spacial score (nSPS) is 22.3. The smallest absolute Gasteiger partial charge is 0.231 e. The first-order valence-electron chi connectivity index (χ1n) is 6.47. The van der Waals surface area contributed by atoms with E-state index in [1.807, 2.05) is 6.92 Å². The van der Waals surface area contributed by atoms with Crippen LogP contribution in [0.25, 0.3) is 0 Å². The molecule has 1 aromatic carbocycles. The molecule has 19 heavy (non-hydrogen) atoms. The van der Waals surface area contributed by atoms with Crippen LogP contribution in [0.5, 0.6) is 5.75 Å². The van der Waals surface area contributed by atoms with Gasteiger partial charge in [0.1, 0.15) is 5.75 Å². The van der Waals surface area contributed by atoms with Crippen molar-refractivity contribution in [3.05, 3.63) is 23.2 Å². The van der Waals surface area contributed by atoms with Crippen molar-refractivity contribution in [2.45, 2.75) is 19.8 Å². The molecule has 104 valence electrons. The zero-order chi connectivity index (χ0) is 13.9. The van der Waals surface area contributed by atoms with Gasteiger partial charge in [-0.05, 0) is 37.6 Å². The van der Waals surface area contributed by atoms with E-state index >= 15 is 0 Å². The highest BCUT2D eigenvalue weighted by Gasteiger charge is 2.39. The Balaban J connectivity index is 2.12. The summed E-state index contributed by atoms with van der Waals surface area (Å²) in [6.45, 7) is 3.68. The van der Waals surface area contributed by atoms with Gasteiger partial charge in [0, 0.05) is 12.2 Å². The first-order valence-corrected chi connectivity index (χ1v) is 6.85. The molecule has 1 unspecified atom stereocenters. The van der Waals surface area contributed by atoms with Crippen molar-refractivity contribution in [3.63, 3.8) is 0 Å². The van der Waals surface area contributed by atoms with E-state index in [9.17, 15) is 4.79 Å². The van der Waals surface area contributed by atoms with Crippen molar-refractivity contribution in [2.75, 3.05) is 25.5 Å². The van der Waals surface area contributed by atoms with Gasteiger partial charge in [-0.3, -0.25) is 4.79 Å². The predicted molar refractivity (Wildman–Crippen MR) is 76.8 cm³/mol. The third-order valence-corrected chi connectivity index (χ3v) is 4.11. The van der Waals surface area contributed by atoms with E-state index in [0.717, 1.165) is 25.9 Å². The Morgan fingerprint density at radius 2 is 2.37 bits per heavy atom. The average Bonchev–Trinajstić information content (AvgIpc) is 2.89. The number of methoxy groups -OCH3 is 1. The van der Waals surface area contributed by atoms with E-state index in [4.69, 9.17) is 16.3 Å². The van der Waals surface area contributed by atoms with Gasteiger partial charge >= 0.3 is 0 Å². The molecule has 0 radical (unpaired) electrons. The number of carbonyl (C=O) groups excluding carboxylic acids is 1. The topological polar surface area (TPSA) is 50.4 Å². The Hall–Kier alpha value is -1.26. The van der Waals surface area contributed by atoms with Crippen molar-refractivity contribution >= 4 is 23.2 Å². The summed E-state index contributed by atoms with van der Waals surface area (Å²) in [5.74, 6) is 0.661. The van der Waals surface area contributed by atoms with Crippen LogP contribution >= 0.6 is 11.6 Å². The number of anilines is 1. The fourth-order valence-electron chi connectivity index (χ4n) is 2.41. The number of carbonyl (C=O) groups is 1. The summed E-state index contributed by atoms with van der Waals surface area (Å²) < 4.78 is 5.09. The molecule has 2 N–H and O–H groups in total. The molecule has 0 aliphatic carbocycles. The summed E-state index contributed by atoms with van der Waals surface area (Å²) in [5, 5.41) is 6.70. The summed E-state index contributed by atoms with van der Waals surface area (Å²) in [6.07, 6.45) is 1.70. The van der Waals surface area contributed by atoms with Crippen molar-refractivity contribution in [2.24, 2.45) is 5.41 Å². The van der Waals surface area contributed by atoms with Gasteiger partial charge in [0.25, 0.3) is 0 Å². The van der Waals surface area contributed by atoms with E-state index < -0.39 is 0 Å². The molecule has 1 aliphatic heterocycles. The SMILES string of the molecule is CCC1(C(=O)Nc2ccc(OC)c(Cl)c2)CCNC1. The van der Waals surface area contributed by atoms with Crippen LogP contribution in [0.1, 0.15) is 19.8 Å². The molecule has 2 rings (SSSR count). The number of ether oxygens (including phenoxy) is 1. The van der Waals surface area contributed by atoms with Crippen LogP contribution in [0, 0.1) is 5.41 Å². The third kappa shape index (κ3) is 2.85. The standard InChI is InChI=1S/C14H19ClN2O2/c1-3-14(6-7-16-9-14)13(18)17-10-4-5-12(19-2)11(15)8-10/h4-5,8,16H,3,6-7,9H2,1-2H3,(H,17,18). The summed E-state index contributed by atoms with van der Waals surface area (Å²) >= 11 is 6.05. The number of rotatable bonds is 4. The molecule has 1 aromatic rings. The highest BCUT2D eigenvalue weighted by molar-refractivity contribution is 6.32. The number of hydrogen-bond donors (Lipinski definition) is 2. The molecule has 0 spiro atoms. The van der Waals surface area contributed by atoms with Crippen LogP contribution in [0.4, 0.5) is 5.69 Å². The van der Waals surface area contributed by atoms with Crippen LogP contribution in [0.2, 0.25) is 5.02 Å². The molecule has 1 aliphatic rings. The van der Waals surface area contributed by atoms with E-state index in [-0.39, 0.29) is 11.3 Å². The molecule has 1 fully saturated rings. The maximum Gasteiger partial charge on any atom is 0.231 e. The quantitative estimate of drug-likeness (QED) is 0.893. The van der Waals surface area contributed by atoms with Crippen LogP contribution in [-0.4, -0.2) is 26.1 Å². The highest BCUT2D eigenvalue weighted by atomic mass is 35.5. The van der Waals surface area contributed by atoms with Gasteiger partial charge in [-0.15, -0.1) is 0 Å². The Bertz CT molecular complexity index is 471. The molecular weight excluding hydrogens is 264 g/mol. The van der Waals surface area contributed by atoms with Gasteiger partial charge < -0.3 is 15.4 Å². The lowest BCUT2D eigenvalue weighted by Gasteiger charge is -2.25. The van der Waals surface area contributed by atoms with E-state index in [1.54, 1.807) is 25.3 Å². The maximum atomic E-state index is 12.4. The van der Waals surface area contributed by atoms with Gasteiger partial charge in [-0.25, -0.2) is 0 Å². The molecule has 4 nitrogen and oxygen atoms in total. The lowest BCUT2D eigenvalue weighted by molar-refractivity contribution is -0.124. The van der Waals surface area contributed by atoms with Gasteiger partial charge in [-0.1, -0.05) is 18.5 Å². The Morgan fingerprint density at radius 3 is 2.89 bits per heavy atom. The first-order chi connectivity index (χ1) is 9.11. The Labute approximate surface area is 118 Å².